The van der Waals surface area contributed by atoms with Crippen molar-refractivity contribution in [2.45, 2.75) is 52.5 Å². The number of aryl methyl sites for hydroxylation is 1. The molecule has 2 aromatic rings. The number of imidazole rings is 1. The fourth-order valence-electron chi connectivity index (χ4n) is 3.25. The normalized spacial score (nSPS) is 15.3. The van der Waals surface area contributed by atoms with Crippen LogP contribution in [0.5, 0.6) is 0 Å². The molecule has 0 spiro atoms. The highest BCUT2D eigenvalue weighted by molar-refractivity contribution is 5.79. The number of guanidine groups is 1. The molecule has 0 aliphatic heterocycles. The summed E-state index contributed by atoms with van der Waals surface area (Å²) in [5, 5.41) is 6.77. The van der Waals surface area contributed by atoms with Gasteiger partial charge in [-0.3, -0.25) is 0 Å². The fraction of sp³-hybridized carbons (Fsp3) is 0.500. The first-order chi connectivity index (χ1) is 12.3. The Kier molecular flexibility index (Phi) is 6.09. The van der Waals surface area contributed by atoms with Crippen LogP contribution in [0, 0.1) is 6.92 Å². The smallest absolute Gasteiger partial charge is 0.191 e. The molecule has 0 unspecified atom stereocenters. The molecule has 2 aromatic heterocycles. The molecule has 0 aromatic carbocycles. The van der Waals surface area contributed by atoms with Gasteiger partial charge in [0, 0.05) is 25.0 Å². The minimum Gasteiger partial charge on any atom is -0.357 e. The van der Waals surface area contributed by atoms with E-state index in [2.05, 4.69) is 52.2 Å². The standard InChI is InChI=1S/C20H29N5/c1-3-21-20(22-13-12-17-9-5-4-6-10-17)23-14-18-15-25-16(2)8-7-11-19(25)24-18/h7-9,11,15H,3-6,10,12-14H2,1-2H3,(H2,21,22,23). The third-order valence-electron chi connectivity index (χ3n) is 4.61. The Morgan fingerprint density at radius 3 is 2.96 bits per heavy atom. The Bertz CT molecular complexity index is 757. The van der Waals surface area contributed by atoms with Gasteiger partial charge in [0.2, 0.25) is 0 Å². The van der Waals surface area contributed by atoms with E-state index in [-0.39, 0.29) is 0 Å². The summed E-state index contributed by atoms with van der Waals surface area (Å²) in [7, 11) is 0. The van der Waals surface area contributed by atoms with Crippen molar-refractivity contribution in [2.75, 3.05) is 13.1 Å². The van der Waals surface area contributed by atoms with Gasteiger partial charge in [-0.2, -0.15) is 0 Å². The first kappa shape index (κ1) is 17.5. The Morgan fingerprint density at radius 1 is 1.28 bits per heavy atom. The van der Waals surface area contributed by atoms with Gasteiger partial charge in [-0.25, -0.2) is 9.98 Å². The zero-order valence-electron chi connectivity index (χ0n) is 15.4. The maximum Gasteiger partial charge on any atom is 0.191 e. The van der Waals surface area contributed by atoms with E-state index in [0.29, 0.717) is 6.54 Å². The number of fused-ring (bicyclic) bond motifs is 1. The first-order valence-corrected chi connectivity index (χ1v) is 9.40. The van der Waals surface area contributed by atoms with Crippen molar-refractivity contribution < 1.29 is 0 Å². The molecule has 134 valence electrons. The van der Waals surface area contributed by atoms with Gasteiger partial charge in [-0.1, -0.05) is 17.7 Å². The SMILES string of the molecule is CCNC(=NCc1cn2c(C)cccc2n1)NCCC1=CCCCC1. The summed E-state index contributed by atoms with van der Waals surface area (Å²) in [5.74, 6) is 0.868. The summed E-state index contributed by atoms with van der Waals surface area (Å²) in [6.07, 6.45) is 10.8. The second-order valence-corrected chi connectivity index (χ2v) is 6.61. The molecule has 5 heteroatoms. The number of pyridine rings is 1. The third kappa shape index (κ3) is 4.84. The van der Waals surface area contributed by atoms with E-state index < -0.39 is 0 Å². The van der Waals surface area contributed by atoms with Gasteiger partial charge < -0.3 is 15.0 Å². The molecule has 0 radical (unpaired) electrons. The van der Waals surface area contributed by atoms with Gasteiger partial charge >= 0.3 is 0 Å². The number of hydrogen-bond donors (Lipinski definition) is 2. The first-order valence-electron chi connectivity index (χ1n) is 9.40. The van der Waals surface area contributed by atoms with Crippen LogP contribution < -0.4 is 10.6 Å². The van der Waals surface area contributed by atoms with E-state index in [1.807, 2.05) is 12.1 Å². The van der Waals surface area contributed by atoms with E-state index in [1.54, 1.807) is 5.57 Å². The molecule has 3 rings (SSSR count). The van der Waals surface area contributed by atoms with Crippen molar-refractivity contribution in [3.05, 3.63) is 47.4 Å². The molecule has 0 saturated carbocycles. The summed E-state index contributed by atoms with van der Waals surface area (Å²) >= 11 is 0. The Labute approximate surface area is 150 Å². The molecule has 0 bridgehead atoms. The summed E-state index contributed by atoms with van der Waals surface area (Å²) in [4.78, 5) is 9.34. The van der Waals surface area contributed by atoms with Gasteiger partial charge in [0.25, 0.3) is 0 Å². The second kappa shape index (κ2) is 8.70. The maximum atomic E-state index is 4.69. The highest BCUT2D eigenvalue weighted by atomic mass is 15.2. The van der Waals surface area contributed by atoms with Crippen LogP contribution >= 0.6 is 0 Å². The predicted octanol–water partition coefficient (Wildman–Crippen LogP) is 3.59. The Hall–Kier alpha value is -2.30. The molecule has 0 saturated heterocycles. The van der Waals surface area contributed by atoms with Gasteiger partial charge in [0.15, 0.2) is 5.96 Å². The van der Waals surface area contributed by atoms with Crippen LogP contribution in [0.4, 0.5) is 0 Å². The lowest BCUT2D eigenvalue weighted by atomic mass is 9.97. The number of aromatic nitrogens is 2. The zero-order chi connectivity index (χ0) is 17.5. The summed E-state index contributed by atoms with van der Waals surface area (Å²) in [6.45, 7) is 6.56. The largest absolute Gasteiger partial charge is 0.357 e. The van der Waals surface area contributed by atoms with Crippen molar-refractivity contribution >= 4 is 11.6 Å². The lowest BCUT2D eigenvalue weighted by molar-refractivity contribution is 0.665. The van der Waals surface area contributed by atoms with Crippen molar-refractivity contribution in [3.8, 4) is 0 Å². The summed E-state index contributed by atoms with van der Waals surface area (Å²) < 4.78 is 2.11. The molecule has 1 aliphatic rings. The third-order valence-corrected chi connectivity index (χ3v) is 4.61. The Morgan fingerprint density at radius 2 is 2.20 bits per heavy atom. The molecular formula is C20H29N5. The molecular weight excluding hydrogens is 310 g/mol. The van der Waals surface area contributed by atoms with Crippen molar-refractivity contribution in [3.63, 3.8) is 0 Å². The van der Waals surface area contributed by atoms with Crippen LogP contribution in [0.2, 0.25) is 0 Å². The fourth-order valence-corrected chi connectivity index (χ4v) is 3.25. The average molecular weight is 339 g/mol. The van der Waals surface area contributed by atoms with E-state index in [1.165, 1.54) is 31.4 Å². The van der Waals surface area contributed by atoms with E-state index >= 15 is 0 Å². The Balaban J connectivity index is 1.58. The summed E-state index contributed by atoms with van der Waals surface area (Å²) in [5.41, 5.74) is 4.74. The summed E-state index contributed by atoms with van der Waals surface area (Å²) in [6, 6.07) is 6.16. The molecule has 5 nitrogen and oxygen atoms in total. The lowest BCUT2D eigenvalue weighted by Crippen LogP contribution is -2.37. The molecule has 0 fully saturated rings. The molecule has 0 amide bonds. The van der Waals surface area contributed by atoms with Crippen molar-refractivity contribution in [1.82, 2.24) is 20.0 Å². The lowest BCUT2D eigenvalue weighted by Gasteiger charge is -2.15. The molecule has 2 N–H and O–H groups in total. The highest BCUT2D eigenvalue weighted by Crippen LogP contribution is 2.19. The van der Waals surface area contributed by atoms with Crippen LogP contribution in [0.1, 0.15) is 50.4 Å². The number of rotatable bonds is 6. The number of allylic oxidation sites excluding steroid dienone is 1. The van der Waals surface area contributed by atoms with Crippen LogP contribution in [0.3, 0.4) is 0 Å². The van der Waals surface area contributed by atoms with Gasteiger partial charge in [-0.05, 0) is 58.1 Å². The minimum absolute atomic E-state index is 0.582. The molecule has 2 heterocycles. The van der Waals surface area contributed by atoms with E-state index in [4.69, 9.17) is 4.99 Å². The minimum atomic E-state index is 0.582. The number of aliphatic imine (C=N–C) groups is 1. The average Bonchev–Trinajstić information content (AvgIpc) is 3.05. The highest BCUT2D eigenvalue weighted by Gasteiger charge is 2.05. The van der Waals surface area contributed by atoms with Gasteiger partial charge in [-0.15, -0.1) is 0 Å². The number of nitrogens with one attached hydrogen (secondary N) is 2. The quantitative estimate of drug-likeness (QED) is 0.480. The van der Waals surface area contributed by atoms with Crippen LogP contribution in [0.15, 0.2) is 41.0 Å². The van der Waals surface area contributed by atoms with Crippen LogP contribution in [0.25, 0.3) is 5.65 Å². The van der Waals surface area contributed by atoms with Gasteiger partial charge in [0.1, 0.15) is 5.65 Å². The van der Waals surface area contributed by atoms with Crippen molar-refractivity contribution in [2.24, 2.45) is 4.99 Å². The van der Waals surface area contributed by atoms with E-state index in [9.17, 15) is 0 Å². The number of nitrogens with zero attached hydrogens (tertiary/aromatic N) is 3. The molecule has 1 aliphatic carbocycles. The van der Waals surface area contributed by atoms with Crippen LogP contribution in [-0.4, -0.2) is 28.4 Å². The zero-order valence-corrected chi connectivity index (χ0v) is 15.4. The van der Waals surface area contributed by atoms with Gasteiger partial charge in [0.05, 0.1) is 12.2 Å². The molecule has 25 heavy (non-hydrogen) atoms. The van der Waals surface area contributed by atoms with E-state index in [0.717, 1.165) is 36.8 Å². The van der Waals surface area contributed by atoms with Crippen LogP contribution in [-0.2, 0) is 6.54 Å². The van der Waals surface area contributed by atoms with Crippen molar-refractivity contribution in [1.29, 1.82) is 0 Å². The molecule has 0 atom stereocenters. The maximum absolute atomic E-state index is 4.69. The monoisotopic (exact) mass is 339 g/mol. The number of hydrogen-bond acceptors (Lipinski definition) is 2. The second-order valence-electron chi connectivity index (χ2n) is 6.61. The predicted molar refractivity (Wildman–Crippen MR) is 104 cm³/mol. The topological polar surface area (TPSA) is 53.7 Å².